The van der Waals surface area contributed by atoms with Gasteiger partial charge >= 0.3 is 11.9 Å². The van der Waals surface area contributed by atoms with Gasteiger partial charge < -0.3 is 10.2 Å². The van der Waals surface area contributed by atoms with E-state index in [1.165, 1.54) is 51.0 Å². The van der Waals surface area contributed by atoms with Crippen LogP contribution in [0.4, 0.5) is 0 Å². The van der Waals surface area contributed by atoms with Crippen LogP contribution in [0.1, 0.15) is 116 Å². The fraction of sp³-hybridized carbons (Fsp3) is 0.636. The van der Waals surface area contributed by atoms with Crippen molar-refractivity contribution in [3.63, 3.8) is 0 Å². The highest BCUT2D eigenvalue weighted by Crippen LogP contribution is 2.29. The lowest BCUT2D eigenvalue weighted by molar-refractivity contribution is 0.0650. The SMILES string of the molecule is CCCCCCCCCCCc1ccc(C(=O)O)c(C(=O)O)c1C(C)C. The molecule has 26 heavy (non-hydrogen) atoms. The average molecular weight is 363 g/mol. The van der Waals surface area contributed by atoms with E-state index in [0.29, 0.717) is 5.56 Å². The van der Waals surface area contributed by atoms with Gasteiger partial charge in [0.1, 0.15) is 0 Å². The van der Waals surface area contributed by atoms with Crippen LogP contribution in [0.15, 0.2) is 12.1 Å². The molecule has 2 N–H and O–H groups in total. The van der Waals surface area contributed by atoms with E-state index in [1.807, 2.05) is 13.8 Å². The van der Waals surface area contributed by atoms with Gasteiger partial charge in [-0.2, -0.15) is 0 Å². The van der Waals surface area contributed by atoms with E-state index in [9.17, 15) is 19.8 Å². The highest BCUT2D eigenvalue weighted by atomic mass is 16.4. The van der Waals surface area contributed by atoms with Crippen molar-refractivity contribution >= 4 is 11.9 Å². The minimum absolute atomic E-state index is 0.0195. The normalized spacial score (nSPS) is 11.1. The zero-order valence-electron chi connectivity index (χ0n) is 16.5. The summed E-state index contributed by atoms with van der Waals surface area (Å²) in [7, 11) is 0. The fourth-order valence-corrected chi connectivity index (χ4v) is 3.57. The Morgan fingerprint density at radius 2 is 1.38 bits per heavy atom. The van der Waals surface area contributed by atoms with Crippen molar-refractivity contribution in [2.45, 2.75) is 90.9 Å². The van der Waals surface area contributed by atoms with Crippen molar-refractivity contribution in [1.29, 1.82) is 0 Å². The van der Waals surface area contributed by atoms with Gasteiger partial charge in [0.25, 0.3) is 0 Å². The average Bonchev–Trinajstić information content (AvgIpc) is 2.59. The molecule has 0 saturated carbocycles. The molecule has 146 valence electrons. The number of carboxylic acids is 2. The maximum Gasteiger partial charge on any atom is 0.336 e. The fourth-order valence-electron chi connectivity index (χ4n) is 3.57. The number of aryl methyl sites for hydroxylation is 1. The molecule has 0 aliphatic heterocycles. The maximum atomic E-state index is 11.7. The van der Waals surface area contributed by atoms with Gasteiger partial charge in [-0.25, -0.2) is 9.59 Å². The maximum absolute atomic E-state index is 11.7. The van der Waals surface area contributed by atoms with Gasteiger partial charge in [-0.1, -0.05) is 78.2 Å². The van der Waals surface area contributed by atoms with Gasteiger partial charge in [0, 0.05) is 0 Å². The molecular weight excluding hydrogens is 328 g/mol. The predicted molar refractivity (Wildman–Crippen MR) is 105 cm³/mol. The summed E-state index contributed by atoms with van der Waals surface area (Å²) in [4.78, 5) is 23.0. The summed E-state index contributed by atoms with van der Waals surface area (Å²) in [6.07, 6.45) is 12.0. The summed E-state index contributed by atoms with van der Waals surface area (Å²) in [5.41, 5.74) is 1.50. The summed E-state index contributed by atoms with van der Waals surface area (Å²) < 4.78 is 0. The first kappa shape index (κ1) is 22.2. The van der Waals surface area contributed by atoms with Crippen molar-refractivity contribution < 1.29 is 19.8 Å². The lowest BCUT2D eigenvalue weighted by Crippen LogP contribution is -2.14. The molecule has 0 aromatic heterocycles. The Morgan fingerprint density at radius 1 is 0.846 bits per heavy atom. The summed E-state index contributed by atoms with van der Waals surface area (Å²) in [6, 6.07) is 3.25. The van der Waals surface area contributed by atoms with E-state index in [2.05, 4.69) is 6.92 Å². The topological polar surface area (TPSA) is 74.6 Å². The van der Waals surface area contributed by atoms with E-state index in [4.69, 9.17) is 0 Å². The molecule has 0 amide bonds. The minimum Gasteiger partial charge on any atom is -0.478 e. The van der Waals surface area contributed by atoms with Gasteiger partial charge in [0.15, 0.2) is 0 Å². The standard InChI is InChI=1S/C22H34O4/c1-4-5-6-7-8-9-10-11-12-13-17-14-15-18(21(23)24)20(22(25)26)19(17)16(2)3/h14-16H,4-13H2,1-3H3,(H,23,24)(H,25,26). The third kappa shape index (κ3) is 6.81. The van der Waals surface area contributed by atoms with E-state index in [1.54, 1.807) is 6.07 Å². The van der Waals surface area contributed by atoms with Crippen LogP contribution in [-0.4, -0.2) is 22.2 Å². The summed E-state index contributed by atoms with van der Waals surface area (Å²) in [5, 5.41) is 18.8. The smallest absolute Gasteiger partial charge is 0.336 e. The molecule has 1 rings (SSSR count). The van der Waals surface area contributed by atoms with Gasteiger partial charge in [0.05, 0.1) is 11.1 Å². The van der Waals surface area contributed by atoms with Gasteiger partial charge in [0.2, 0.25) is 0 Å². The zero-order chi connectivity index (χ0) is 19.5. The quantitative estimate of drug-likeness (QED) is 0.405. The number of carbonyl (C=O) groups is 2. The molecule has 0 fully saturated rings. The molecular formula is C22H34O4. The van der Waals surface area contributed by atoms with Crippen molar-refractivity contribution in [3.05, 3.63) is 34.4 Å². The molecule has 0 aliphatic carbocycles. The lowest BCUT2D eigenvalue weighted by atomic mass is 9.86. The first-order valence-electron chi connectivity index (χ1n) is 10.0. The molecule has 1 aromatic carbocycles. The van der Waals surface area contributed by atoms with Crippen molar-refractivity contribution in [1.82, 2.24) is 0 Å². The van der Waals surface area contributed by atoms with Crippen LogP contribution in [0.25, 0.3) is 0 Å². The number of unbranched alkanes of at least 4 members (excludes halogenated alkanes) is 8. The van der Waals surface area contributed by atoms with Crippen molar-refractivity contribution in [2.24, 2.45) is 0 Å². The van der Waals surface area contributed by atoms with Crippen LogP contribution in [0.2, 0.25) is 0 Å². The third-order valence-electron chi connectivity index (χ3n) is 4.91. The van der Waals surface area contributed by atoms with E-state index >= 15 is 0 Å². The second kappa shape index (κ2) is 11.7. The monoisotopic (exact) mass is 362 g/mol. The Labute approximate surface area is 157 Å². The highest BCUT2D eigenvalue weighted by molar-refractivity contribution is 6.03. The Morgan fingerprint density at radius 3 is 1.85 bits per heavy atom. The molecule has 1 aromatic rings. The van der Waals surface area contributed by atoms with Gasteiger partial charge in [-0.15, -0.1) is 0 Å². The molecule has 0 saturated heterocycles. The van der Waals surface area contributed by atoms with E-state index < -0.39 is 11.9 Å². The molecule has 0 spiro atoms. The molecule has 4 nitrogen and oxygen atoms in total. The Balaban J connectivity index is 2.65. The highest BCUT2D eigenvalue weighted by Gasteiger charge is 2.24. The molecule has 4 heteroatoms. The number of hydrogen-bond acceptors (Lipinski definition) is 2. The largest absolute Gasteiger partial charge is 0.478 e. The second-order valence-electron chi connectivity index (χ2n) is 7.40. The number of carboxylic acid groups (broad SMARTS) is 2. The van der Waals surface area contributed by atoms with Crippen molar-refractivity contribution in [2.75, 3.05) is 0 Å². The third-order valence-corrected chi connectivity index (χ3v) is 4.91. The van der Waals surface area contributed by atoms with Crippen LogP contribution in [0.3, 0.4) is 0 Å². The van der Waals surface area contributed by atoms with E-state index in [0.717, 1.165) is 24.8 Å². The summed E-state index contributed by atoms with van der Waals surface area (Å²) in [5.74, 6) is -2.35. The van der Waals surface area contributed by atoms with Crippen molar-refractivity contribution in [3.8, 4) is 0 Å². The molecule has 0 heterocycles. The van der Waals surface area contributed by atoms with Crippen LogP contribution in [0.5, 0.6) is 0 Å². The molecule has 0 radical (unpaired) electrons. The van der Waals surface area contributed by atoms with Gasteiger partial charge in [-0.3, -0.25) is 0 Å². The Bertz CT molecular complexity index is 590. The zero-order valence-corrected chi connectivity index (χ0v) is 16.5. The van der Waals surface area contributed by atoms with Crippen LogP contribution >= 0.6 is 0 Å². The Kier molecular flexibility index (Phi) is 10.0. The predicted octanol–water partition coefficient (Wildman–Crippen LogP) is 6.28. The second-order valence-corrected chi connectivity index (χ2v) is 7.40. The lowest BCUT2D eigenvalue weighted by Gasteiger charge is -2.18. The molecule has 0 aliphatic rings. The number of aromatic carboxylic acids is 2. The number of rotatable bonds is 13. The van der Waals surface area contributed by atoms with Crippen LogP contribution in [-0.2, 0) is 6.42 Å². The molecule has 0 bridgehead atoms. The van der Waals surface area contributed by atoms with Gasteiger partial charge in [-0.05, 0) is 36.0 Å². The first-order valence-corrected chi connectivity index (χ1v) is 10.0. The summed E-state index contributed by atoms with van der Waals surface area (Å²) in [6.45, 7) is 6.07. The minimum atomic E-state index is -1.18. The Hall–Kier alpha value is -1.84. The van der Waals surface area contributed by atoms with Crippen LogP contribution < -0.4 is 0 Å². The molecule has 0 unspecified atom stereocenters. The summed E-state index contributed by atoms with van der Waals surface area (Å²) >= 11 is 0. The van der Waals surface area contributed by atoms with Crippen LogP contribution in [0, 0.1) is 0 Å². The van der Waals surface area contributed by atoms with E-state index in [-0.39, 0.29) is 17.0 Å². The number of hydrogen-bond donors (Lipinski definition) is 2. The first-order chi connectivity index (χ1) is 12.4. The number of benzene rings is 1. The molecule has 0 atom stereocenters.